The predicted octanol–water partition coefficient (Wildman–Crippen LogP) is 5.27. The summed E-state index contributed by atoms with van der Waals surface area (Å²) >= 11 is 0. The number of anilines is 1. The molecule has 0 unspecified atom stereocenters. The van der Waals surface area contributed by atoms with E-state index in [0.717, 1.165) is 19.4 Å². The van der Waals surface area contributed by atoms with Crippen LogP contribution in [0.3, 0.4) is 0 Å². The van der Waals surface area contributed by atoms with Crippen molar-refractivity contribution in [1.29, 1.82) is 0 Å². The van der Waals surface area contributed by atoms with E-state index in [1.807, 2.05) is 4.90 Å². The number of halogens is 3. The summed E-state index contributed by atoms with van der Waals surface area (Å²) in [5.41, 5.74) is 0.00316. The van der Waals surface area contributed by atoms with Gasteiger partial charge in [0, 0.05) is 30.6 Å². The number of phenolic OH excluding ortho intramolecular Hbond substituents is 1. The van der Waals surface area contributed by atoms with E-state index in [-0.39, 0.29) is 70.0 Å². The summed E-state index contributed by atoms with van der Waals surface area (Å²) < 4.78 is 63.7. The van der Waals surface area contributed by atoms with Crippen LogP contribution in [0.1, 0.15) is 31.2 Å². The number of ether oxygens (including phenoxy) is 3. The van der Waals surface area contributed by atoms with Gasteiger partial charge in [0.2, 0.25) is 5.88 Å². The van der Waals surface area contributed by atoms with Crippen molar-refractivity contribution < 1.29 is 32.5 Å². The molecule has 236 valence electrons. The molecule has 1 N–H and O–H groups in total. The first-order valence-electron chi connectivity index (χ1n) is 15.4. The number of phenols is 1. The third kappa shape index (κ3) is 4.52. The highest BCUT2D eigenvalue weighted by atomic mass is 19.1. The first-order valence-corrected chi connectivity index (χ1v) is 15.4. The van der Waals surface area contributed by atoms with Gasteiger partial charge in [-0.1, -0.05) is 12.0 Å². The summed E-state index contributed by atoms with van der Waals surface area (Å²) in [6.45, 7) is 3.26. The van der Waals surface area contributed by atoms with E-state index in [1.165, 1.54) is 24.3 Å². The summed E-state index contributed by atoms with van der Waals surface area (Å²) in [5.74, 6) is 1.19. The van der Waals surface area contributed by atoms with Crippen LogP contribution in [0.5, 0.6) is 17.6 Å². The molecule has 0 spiro atoms. The lowest BCUT2D eigenvalue weighted by Gasteiger charge is -2.31. The van der Waals surface area contributed by atoms with E-state index in [4.69, 9.17) is 25.6 Å². The minimum Gasteiger partial charge on any atom is -0.508 e. The summed E-state index contributed by atoms with van der Waals surface area (Å²) in [6.07, 6.45) is 9.42. The molecule has 6 heterocycles. The standard InChI is InChI=1S/C34H30F3N5O4/c1-2-23-25(36)6-5-20-11-22(43)12-24(26(20)23)29-28(37)30-27-31(42-9-4-10-44-16-21(42)17-45-32(27)38-29)40-33(39-30)46-18-34-7-3-8-41(34)15-19(13-34)14-35/h1,5-6,11-12,14,21,43H,3-4,7-10,13,15-18H2/b19-14+/t21-,34-/m0/s1. The zero-order valence-corrected chi connectivity index (χ0v) is 24.9. The van der Waals surface area contributed by atoms with Crippen LogP contribution in [0.25, 0.3) is 32.9 Å². The quantitative estimate of drug-likeness (QED) is 0.303. The lowest BCUT2D eigenvalue weighted by atomic mass is 9.94. The average molecular weight is 630 g/mol. The second-order valence-corrected chi connectivity index (χ2v) is 12.4. The number of aromatic hydroxyl groups is 1. The fourth-order valence-corrected chi connectivity index (χ4v) is 7.48. The van der Waals surface area contributed by atoms with E-state index in [1.54, 1.807) is 0 Å². The normalized spacial score (nSPS) is 23.6. The highest BCUT2D eigenvalue weighted by Gasteiger charge is 2.47. The third-order valence-electron chi connectivity index (χ3n) is 9.60. The zero-order valence-electron chi connectivity index (χ0n) is 24.9. The Morgan fingerprint density at radius 1 is 1.13 bits per heavy atom. The molecular formula is C34H30F3N5O4. The van der Waals surface area contributed by atoms with Gasteiger partial charge in [0.05, 0.1) is 30.1 Å². The molecule has 4 aliphatic heterocycles. The lowest BCUT2D eigenvalue weighted by Crippen LogP contribution is -2.43. The molecule has 2 aromatic heterocycles. The fourth-order valence-electron chi connectivity index (χ4n) is 7.48. The molecule has 0 radical (unpaired) electrons. The summed E-state index contributed by atoms with van der Waals surface area (Å²) in [6, 6.07) is 5.11. The van der Waals surface area contributed by atoms with Crippen molar-refractivity contribution in [3.63, 3.8) is 0 Å². The summed E-state index contributed by atoms with van der Waals surface area (Å²) in [7, 11) is 0. The van der Waals surface area contributed by atoms with Gasteiger partial charge in [-0.2, -0.15) is 9.97 Å². The minimum atomic E-state index is -0.830. The largest absolute Gasteiger partial charge is 0.508 e. The first-order chi connectivity index (χ1) is 22.4. The van der Waals surface area contributed by atoms with Gasteiger partial charge in [-0.05, 0) is 61.4 Å². The molecule has 0 bridgehead atoms. The molecule has 9 nitrogen and oxygen atoms in total. The number of hydrogen-bond acceptors (Lipinski definition) is 9. The highest BCUT2D eigenvalue weighted by molar-refractivity contribution is 6.04. The first kappa shape index (κ1) is 28.8. The van der Waals surface area contributed by atoms with Crippen LogP contribution in [0.2, 0.25) is 0 Å². The molecule has 46 heavy (non-hydrogen) atoms. The van der Waals surface area contributed by atoms with Crippen LogP contribution in [0.4, 0.5) is 19.0 Å². The number of fused-ring (bicyclic) bond motifs is 4. The van der Waals surface area contributed by atoms with Gasteiger partial charge in [-0.25, -0.2) is 18.2 Å². The molecule has 12 heteroatoms. The second-order valence-electron chi connectivity index (χ2n) is 12.4. The topological polar surface area (TPSA) is 93.1 Å². The van der Waals surface area contributed by atoms with Gasteiger partial charge in [0.1, 0.15) is 47.2 Å². The monoisotopic (exact) mass is 629 g/mol. The molecular weight excluding hydrogens is 599 g/mol. The number of hydrogen-bond donors (Lipinski definition) is 1. The molecule has 8 rings (SSSR count). The molecule has 4 aliphatic rings. The van der Waals surface area contributed by atoms with Crippen molar-refractivity contribution in [2.75, 3.05) is 51.0 Å². The van der Waals surface area contributed by atoms with Crippen LogP contribution < -0.4 is 14.4 Å². The van der Waals surface area contributed by atoms with Gasteiger partial charge in [-0.15, -0.1) is 6.42 Å². The van der Waals surface area contributed by atoms with Crippen LogP contribution in [-0.4, -0.2) is 82.6 Å². The molecule has 3 fully saturated rings. The number of pyridine rings is 1. The molecule has 2 aromatic carbocycles. The van der Waals surface area contributed by atoms with Crippen LogP contribution in [0.15, 0.2) is 36.2 Å². The molecule has 3 saturated heterocycles. The molecule has 2 atom stereocenters. The van der Waals surface area contributed by atoms with E-state index in [9.17, 15) is 13.9 Å². The van der Waals surface area contributed by atoms with E-state index in [0.29, 0.717) is 62.3 Å². The van der Waals surface area contributed by atoms with Crippen molar-refractivity contribution in [2.24, 2.45) is 0 Å². The van der Waals surface area contributed by atoms with Crippen molar-refractivity contribution >= 4 is 27.5 Å². The molecule has 0 amide bonds. The number of terminal acetylenes is 1. The maximum atomic E-state index is 16.9. The van der Waals surface area contributed by atoms with Crippen molar-refractivity contribution in [1.82, 2.24) is 19.9 Å². The van der Waals surface area contributed by atoms with Crippen molar-refractivity contribution in [3.8, 4) is 41.2 Å². The smallest absolute Gasteiger partial charge is 0.319 e. The molecule has 0 aliphatic carbocycles. The Labute approximate surface area is 262 Å². The van der Waals surface area contributed by atoms with Gasteiger partial charge in [0.25, 0.3) is 0 Å². The van der Waals surface area contributed by atoms with Crippen LogP contribution in [-0.2, 0) is 4.74 Å². The van der Waals surface area contributed by atoms with E-state index in [2.05, 4.69) is 20.8 Å². The van der Waals surface area contributed by atoms with Crippen LogP contribution >= 0.6 is 0 Å². The SMILES string of the molecule is C#Cc1c(F)ccc2cc(O)cc(-c3nc4c5c(nc(OC[C@@]67CCCN6C/C(=C/F)C7)nc5c3F)N3CCCOC[C@H]3CO4)c12. The maximum Gasteiger partial charge on any atom is 0.319 e. The van der Waals surface area contributed by atoms with Crippen LogP contribution in [0, 0.1) is 24.0 Å². The Morgan fingerprint density at radius 3 is 2.87 bits per heavy atom. The lowest BCUT2D eigenvalue weighted by molar-refractivity contribution is 0.108. The summed E-state index contributed by atoms with van der Waals surface area (Å²) in [4.78, 5) is 18.2. The Balaban J connectivity index is 1.33. The van der Waals surface area contributed by atoms with Gasteiger partial charge >= 0.3 is 6.01 Å². The van der Waals surface area contributed by atoms with Gasteiger partial charge in [-0.3, -0.25) is 4.90 Å². The molecule has 0 saturated carbocycles. The zero-order chi connectivity index (χ0) is 31.6. The highest BCUT2D eigenvalue weighted by Crippen LogP contribution is 2.45. The van der Waals surface area contributed by atoms with Crippen molar-refractivity contribution in [3.05, 3.63) is 53.4 Å². The molecule has 4 aromatic rings. The number of rotatable bonds is 4. The van der Waals surface area contributed by atoms with E-state index >= 15 is 4.39 Å². The van der Waals surface area contributed by atoms with Gasteiger partial charge < -0.3 is 24.2 Å². The predicted molar refractivity (Wildman–Crippen MR) is 165 cm³/mol. The Kier molecular flexibility index (Phi) is 6.92. The fraction of sp³-hybridized carbons (Fsp3) is 0.382. The Bertz CT molecular complexity index is 1980. The van der Waals surface area contributed by atoms with Crippen molar-refractivity contribution in [2.45, 2.75) is 37.3 Å². The Morgan fingerprint density at radius 2 is 2.02 bits per heavy atom. The minimum absolute atomic E-state index is 0.0367. The maximum absolute atomic E-state index is 16.9. The number of nitrogens with zero attached hydrogens (tertiary/aromatic N) is 5. The number of aromatic nitrogens is 3. The number of benzene rings is 2. The Hall–Kier alpha value is -4.60. The van der Waals surface area contributed by atoms with Gasteiger partial charge in [0.15, 0.2) is 5.82 Å². The second kappa shape index (κ2) is 11.0. The third-order valence-corrected chi connectivity index (χ3v) is 9.60. The average Bonchev–Trinajstić information content (AvgIpc) is 3.45. The summed E-state index contributed by atoms with van der Waals surface area (Å²) in [5, 5.41) is 11.5. The van der Waals surface area contributed by atoms with E-state index < -0.39 is 17.2 Å².